The van der Waals surface area contributed by atoms with Crippen molar-refractivity contribution < 1.29 is 4.79 Å². The molecule has 2 atom stereocenters. The number of nitrogens with zero attached hydrogens (tertiary/aromatic N) is 1. The molecule has 0 aromatic rings. The molecule has 1 aliphatic carbocycles. The summed E-state index contributed by atoms with van der Waals surface area (Å²) in [6.45, 7) is 2.89. The van der Waals surface area contributed by atoms with Gasteiger partial charge in [-0.15, -0.1) is 0 Å². The smallest absolute Gasteiger partial charge is 0.251 e. The molecule has 3 heteroatoms. The Balaban J connectivity index is 2.04. The fourth-order valence-electron chi connectivity index (χ4n) is 3.12. The number of nitrogens with one attached hydrogen (secondary N) is 1. The van der Waals surface area contributed by atoms with Crippen molar-refractivity contribution in [3.05, 3.63) is 47.6 Å². The van der Waals surface area contributed by atoms with Crippen molar-refractivity contribution in [1.29, 1.82) is 0 Å². The van der Waals surface area contributed by atoms with E-state index in [2.05, 4.69) is 23.3 Å². The second-order valence-corrected chi connectivity index (χ2v) is 5.27. The first kappa shape index (κ1) is 11.5. The topological polar surface area (TPSA) is 32.3 Å². The highest BCUT2D eigenvalue weighted by Gasteiger charge is 2.38. The molecule has 0 saturated carbocycles. The maximum Gasteiger partial charge on any atom is 0.251 e. The fourth-order valence-corrected chi connectivity index (χ4v) is 3.12. The van der Waals surface area contributed by atoms with Gasteiger partial charge in [0.1, 0.15) is 0 Å². The average molecular weight is 242 g/mol. The van der Waals surface area contributed by atoms with Gasteiger partial charge in [-0.05, 0) is 24.6 Å². The monoisotopic (exact) mass is 242 g/mol. The minimum absolute atomic E-state index is 0.0678. The molecule has 2 saturated heterocycles. The maximum absolute atomic E-state index is 12.1. The molecule has 3 aliphatic rings. The van der Waals surface area contributed by atoms with Crippen LogP contribution in [0.25, 0.3) is 0 Å². The highest BCUT2D eigenvalue weighted by atomic mass is 16.1. The lowest BCUT2D eigenvalue weighted by atomic mass is 9.85. The van der Waals surface area contributed by atoms with Gasteiger partial charge in [-0.3, -0.25) is 4.79 Å². The summed E-state index contributed by atoms with van der Waals surface area (Å²) in [5.74, 6) is 1.07. The van der Waals surface area contributed by atoms with Crippen LogP contribution in [-0.4, -0.2) is 37.5 Å². The Labute approximate surface area is 108 Å². The number of allylic oxidation sites excluding steroid dienone is 6. The highest BCUT2D eigenvalue weighted by Crippen LogP contribution is 2.35. The van der Waals surface area contributed by atoms with Gasteiger partial charge in [-0.1, -0.05) is 30.4 Å². The van der Waals surface area contributed by atoms with Crippen LogP contribution >= 0.6 is 0 Å². The van der Waals surface area contributed by atoms with Crippen LogP contribution in [0.4, 0.5) is 0 Å². The van der Waals surface area contributed by atoms with Crippen LogP contribution in [0.5, 0.6) is 0 Å². The Hall–Kier alpha value is -1.61. The maximum atomic E-state index is 12.1. The minimum atomic E-state index is 0.0678. The quantitative estimate of drug-likeness (QED) is 0.694. The van der Waals surface area contributed by atoms with Crippen LogP contribution in [0.2, 0.25) is 0 Å². The largest absolute Gasteiger partial charge is 0.352 e. The molecule has 1 N–H and O–H groups in total. The van der Waals surface area contributed by atoms with Gasteiger partial charge in [0, 0.05) is 31.1 Å². The van der Waals surface area contributed by atoms with Gasteiger partial charge in [-0.2, -0.15) is 0 Å². The molecule has 0 aromatic heterocycles. The van der Waals surface area contributed by atoms with E-state index < -0.39 is 0 Å². The van der Waals surface area contributed by atoms with E-state index in [9.17, 15) is 4.79 Å². The van der Waals surface area contributed by atoms with Crippen molar-refractivity contribution in [1.82, 2.24) is 10.2 Å². The highest BCUT2D eigenvalue weighted by molar-refractivity contribution is 5.98. The van der Waals surface area contributed by atoms with Crippen molar-refractivity contribution in [2.75, 3.05) is 26.7 Å². The molecule has 18 heavy (non-hydrogen) atoms. The van der Waals surface area contributed by atoms with Crippen molar-refractivity contribution in [3.63, 3.8) is 0 Å². The van der Waals surface area contributed by atoms with Gasteiger partial charge < -0.3 is 10.2 Å². The first-order valence-corrected chi connectivity index (χ1v) is 6.48. The molecule has 0 aromatic carbocycles. The van der Waals surface area contributed by atoms with E-state index >= 15 is 0 Å². The second kappa shape index (κ2) is 4.58. The molecule has 2 fully saturated rings. The number of hydrogen-bond acceptors (Lipinski definition) is 2. The van der Waals surface area contributed by atoms with Crippen LogP contribution < -0.4 is 5.32 Å². The van der Waals surface area contributed by atoms with Crippen molar-refractivity contribution >= 4 is 5.91 Å². The van der Waals surface area contributed by atoms with Gasteiger partial charge in [0.2, 0.25) is 0 Å². The van der Waals surface area contributed by atoms with E-state index in [1.54, 1.807) is 0 Å². The number of carbonyl (C=O) groups excluding carboxylic acids is 1. The third-order valence-corrected chi connectivity index (χ3v) is 3.98. The molecule has 94 valence electrons. The van der Waals surface area contributed by atoms with Crippen LogP contribution in [-0.2, 0) is 4.79 Å². The van der Waals surface area contributed by atoms with E-state index in [-0.39, 0.29) is 5.91 Å². The minimum Gasteiger partial charge on any atom is -0.352 e. The first-order valence-electron chi connectivity index (χ1n) is 6.48. The fraction of sp³-hybridized carbons (Fsp3) is 0.400. The van der Waals surface area contributed by atoms with E-state index in [1.807, 2.05) is 30.4 Å². The molecular formula is C15H18N2O. The molecular weight excluding hydrogens is 224 g/mol. The zero-order valence-corrected chi connectivity index (χ0v) is 10.6. The Morgan fingerprint density at radius 2 is 1.94 bits per heavy atom. The lowest BCUT2D eigenvalue weighted by molar-refractivity contribution is -0.117. The molecule has 2 heterocycles. The summed E-state index contributed by atoms with van der Waals surface area (Å²) in [5, 5.41) is 3.05. The lowest BCUT2D eigenvalue weighted by Gasteiger charge is -2.17. The Kier molecular flexibility index (Phi) is 2.92. The summed E-state index contributed by atoms with van der Waals surface area (Å²) in [7, 11) is 2.15. The van der Waals surface area contributed by atoms with E-state index in [1.165, 1.54) is 5.57 Å². The zero-order chi connectivity index (χ0) is 12.5. The summed E-state index contributed by atoms with van der Waals surface area (Å²) in [5.41, 5.74) is 2.03. The van der Waals surface area contributed by atoms with Crippen molar-refractivity contribution in [2.45, 2.75) is 0 Å². The standard InChI is InChI=1S/C15H18N2O/c1-17-9-11-8-16-15(18)13-7-5-3-2-4-6-12(13)14(11)10-17/h2-7,11,14H,8-10H2,1H3,(H,16,18)/b3-2?,4-2-,5-3-,6-4?,7-5?,12-6?,13-7?. The Morgan fingerprint density at radius 1 is 1.17 bits per heavy atom. The van der Waals surface area contributed by atoms with E-state index in [0.29, 0.717) is 11.8 Å². The molecule has 1 amide bonds. The van der Waals surface area contributed by atoms with Gasteiger partial charge in [0.05, 0.1) is 0 Å². The SMILES string of the molecule is CN1CC2CNC(=O)C3=C/C=C\C=C/C=C3C2C1. The third kappa shape index (κ3) is 1.95. The second-order valence-electron chi connectivity index (χ2n) is 5.27. The summed E-state index contributed by atoms with van der Waals surface area (Å²) in [6, 6.07) is 0. The first-order chi connectivity index (χ1) is 8.75. The molecule has 3 rings (SSSR count). The number of hydrogen-bond donors (Lipinski definition) is 1. The third-order valence-electron chi connectivity index (χ3n) is 3.98. The number of amides is 1. The molecule has 3 nitrogen and oxygen atoms in total. The zero-order valence-electron chi connectivity index (χ0n) is 10.6. The van der Waals surface area contributed by atoms with Crippen molar-refractivity contribution in [2.24, 2.45) is 11.8 Å². The number of fused-ring (bicyclic) bond motifs is 3. The number of carbonyl (C=O) groups is 1. The number of likely N-dealkylation sites (tertiary alicyclic amines) is 1. The molecule has 0 bridgehead atoms. The summed E-state index contributed by atoms with van der Waals surface area (Å²) >= 11 is 0. The molecule has 0 radical (unpaired) electrons. The van der Waals surface area contributed by atoms with Gasteiger partial charge >= 0.3 is 0 Å². The predicted molar refractivity (Wildman–Crippen MR) is 71.9 cm³/mol. The van der Waals surface area contributed by atoms with Crippen LogP contribution in [0.3, 0.4) is 0 Å². The molecule has 0 spiro atoms. The Morgan fingerprint density at radius 3 is 2.78 bits per heavy atom. The summed E-state index contributed by atoms with van der Waals surface area (Å²) in [4.78, 5) is 14.5. The normalized spacial score (nSPS) is 35.1. The van der Waals surface area contributed by atoms with E-state index in [4.69, 9.17) is 0 Å². The lowest BCUT2D eigenvalue weighted by Crippen LogP contribution is -2.29. The van der Waals surface area contributed by atoms with Crippen LogP contribution in [0, 0.1) is 11.8 Å². The van der Waals surface area contributed by atoms with Gasteiger partial charge in [-0.25, -0.2) is 0 Å². The summed E-state index contributed by atoms with van der Waals surface area (Å²) < 4.78 is 0. The van der Waals surface area contributed by atoms with Gasteiger partial charge in [0.25, 0.3) is 5.91 Å². The van der Waals surface area contributed by atoms with Crippen LogP contribution in [0.1, 0.15) is 0 Å². The van der Waals surface area contributed by atoms with Crippen LogP contribution in [0.15, 0.2) is 47.6 Å². The number of rotatable bonds is 0. The van der Waals surface area contributed by atoms with E-state index in [0.717, 1.165) is 25.2 Å². The van der Waals surface area contributed by atoms with Gasteiger partial charge in [0.15, 0.2) is 0 Å². The molecule has 2 aliphatic heterocycles. The predicted octanol–water partition coefficient (Wildman–Crippen LogP) is 1.27. The molecule has 2 unspecified atom stereocenters. The average Bonchev–Trinajstić information content (AvgIpc) is 2.62. The Bertz CT molecular complexity index is 485. The van der Waals surface area contributed by atoms with Crippen molar-refractivity contribution in [3.8, 4) is 0 Å². The summed E-state index contributed by atoms with van der Waals surface area (Å²) in [6.07, 6.45) is 12.0.